The van der Waals surface area contributed by atoms with E-state index >= 15 is 0 Å². The Bertz CT molecular complexity index is 695. The van der Waals surface area contributed by atoms with Crippen LogP contribution in [0.1, 0.15) is 35.9 Å². The van der Waals surface area contributed by atoms with Gasteiger partial charge in [0.1, 0.15) is 5.82 Å². The number of halogens is 2. The largest absolute Gasteiger partial charge is 0.321 e. The second-order valence-corrected chi connectivity index (χ2v) is 6.61. The van der Waals surface area contributed by atoms with Gasteiger partial charge in [-0.1, -0.05) is 13.0 Å². The van der Waals surface area contributed by atoms with Crippen LogP contribution in [0.25, 0.3) is 0 Å². The standard InChI is InChI=1S/C16H19BrFN3/c1-3-13-15(17)14(21(2)20-13)9-16(19)7-6-10-8-11(18)4-5-12(10)16/h4-5,8H,3,6-7,9,19H2,1-2H3. The molecule has 2 aromatic rings. The SMILES string of the molecule is CCc1nn(C)c(CC2(N)CCc3cc(F)ccc32)c1Br. The van der Waals surface area contributed by atoms with Crippen LogP contribution in [-0.2, 0) is 31.8 Å². The quantitative estimate of drug-likeness (QED) is 0.922. The van der Waals surface area contributed by atoms with E-state index in [0.717, 1.165) is 46.2 Å². The minimum absolute atomic E-state index is 0.187. The Morgan fingerprint density at radius 1 is 1.48 bits per heavy atom. The summed E-state index contributed by atoms with van der Waals surface area (Å²) in [6.45, 7) is 2.09. The molecular weight excluding hydrogens is 333 g/mol. The highest BCUT2D eigenvalue weighted by molar-refractivity contribution is 9.10. The summed E-state index contributed by atoms with van der Waals surface area (Å²) in [7, 11) is 1.95. The van der Waals surface area contributed by atoms with Crippen molar-refractivity contribution in [1.82, 2.24) is 9.78 Å². The summed E-state index contributed by atoms with van der Waals surface area (Å²) >= 11 is 3.65. The van der Waals surface area contributed by atoms with E-state index in [1.54, 1.807) is 6.07 Å². The van der Waals surface area contributed by atoms with Crippen molar-refractivity contribution >= 4 is 15.9 Å². The van der Waals surface area contributed by atoms with Gasteiger partial charge < -0.3 is 5.73 Å². The number of nitrogens with two attached hydrogens (primary N) is 1. The van der Waals surface area contributed by atoms with Crippen LogP contribution in [0.15, 0.2) is 22.7 Å². The molecule has 112 valence electrons. The summed E-state index contributed by atoms with van der Waals surface area (Å²) in [6, 6.07) is 4.95. The number of benzene rings is 1. The topological polar surface area (TPSA) is 43.8 Å². The molecule has 3 nitrogen and oxygen atoms in total. The van der Waals surface area contributed by atoms with Crippen molar-refractivity contribution in [1.29, 1.82) is 0 Å². The minimum atomic E-state index is -0.440. The molecule has 1 aromatic heterocycles. The van der Waals surface area contributed by atoms with Crippen molar-refractivity contribution in [3.63, 3.8) is 0 Å². The molecule has 1 aliphatic carbocycles. The summed E-state index contributed by atoms with van der Waals surface area (Å²) < 4.78 is 16.3. The lowest BCUT2D eigenvalue weighted by molar-refractivity contribution is 0.424. The second-order valence-electron chi connectivity index (χ2n) is 5.82. The van der Waals surface area contributed by atoms with Crippen LogP contribution in [0.4, 0.5) is 4.39 Å². The van der Waals surface area contributed by atoms with E-state index in [1.165, 1.54) is 6.07 Å². The Balaban J connectivity index is 1.98. The fourth-order valence-electron chi connectivity index (χ4n) is 3.24. The first-order valence-corrected chi connectivity index (χ1v) is 8.02. The molecule has 0 amide bonds. The highest BCUT2D eigenvalue weighted by atomic mass is 79.9. The van der Waals surface area contributed by atoms with Gasteiger partial charge in [0.2, 0.25) is 0 Å². The normalized spacial score (nSPS) is 20.8. The molecule has 3 rings (SSSR count). The van der Waals surface area contributed by atoms with Crippen LogP contribution in [-0.4, -0.2) is 9.78 Å². The summed E-state index contributed by atoms with van der Waals surface area (Å²) in [4.78, 5) is 0. The first kappa shape index (κ1) is 14.7. The molecule has 1 unspecified atom stereocenters. The number of hydrogen-bond donors (Lipinski definition) is 1. The Kier molecular flexibility index (Phi) is 3.66. The fourth-order valence-corrected chi connectivity index (χ4v) is 4.00. The molecule has 0 bridgehead atoms. The van der Waals surface area contributed by atoms with Crippen molar-refractivity contribution in [3.05, 3.63) is 51.0 Å². The molecule has 0 spiro atoms. The van der Waals surface area contributed by atoms with Crippen molar-refractivity contribution in [3.8, 4) is 0 Å². The van der Waals surface area contributed by atoms with Crippen LogP contribution in [0, 0.1) is 5.82 Å². The zero-order chi connectivity index (χ0) is 15.2. The lowest BCUT2D eigenvalue weighted by atomic mass is 9.88. The third-order valence-electron chi connectivity index (χ3n) is 4.43. The first-order chi connectivity index (χ1) is 9.94. The first-order valence-electron chi connectivity index (χ1n) is 7.22. The third kappa shape index (κ3) is 2.42. The van der Waals surface area contributed by atoms with Gasteiger partial charge in [-0.25, -0.2) is 4.39 Å². The summed E-state index contributed by atoms with van der Waals surface area (Å²) in [5, 5.41) is 4.53. The summed E-state index contributed by atoms with van der Waals surface area (Å²) in [6.07, 6.45) is 3.26. The maximum atomic E-state index is 13.4. The lowest BCUT2D eigenvalue weighted by Crippen LogP contribution is -2.37. The molecule has 1 aliphatic rings. The van der Waals surface area contributed by atoms with Crippen molar-refractivity contribution in [2.45, 2.75) is 38.1 Å². The molecule has 0 aliphatic heterocycles. The minimum Gasteiger partial charge on any atom is -0.321 e. The zero-order valence-electron chi connectivity index (χ0n) is 12.3. The van der Waals surface area contributed by atoms with Gasteiger partial charge in [0, 0.05) is 19.0 Å². The molecule has 1 heterocycles. The van der Waals surface area contributed by atoms with E-state index in [9.17, 15) is 4.39 Å². The zero-order valence-corrected chi connectivity index (χ0v) is 13.9. The van der Waals surface area contributed by atoms with Crippen LogP contribution in [0.3, 0.4) is 0 Å². The smallest absolute Gasteiger partial charge is 0.123 e. The maximum absolute atomic E-state index is 13.4. The summed E-state index contributed by atoms with van der Waals surface area (Å²) in [5.74, 6) is -0.187. The molecule has 0 saturated carbocycles. The molecule has 1 atom stereocenters. The number of hydrogen-bond acceptors (Lipinski definition) is 2. The number of fused-ring (bicyclic) bond motifs is 1. The number of rotatable bonds is 3. The van der Waals surface area contributed by atoms with Crippen LogP contribution in [0.2, 0.25) is 0 Å². The monoisotopic (exact) mass is 351 g/mol. The van der Waals surface area contributed by atoms with E-state index in [1.807, 2.05) is 17.8 Å². The third-order valence-corrected chi connectivity index (χ3v) is 5.35. The van der Waals surface area contributed by atoms with Crippen LogP contribution >= 0.6 is 15.9 Å². The summed E-state index contributed by atoms with van der Waals surface area (Å²) in [5.41, 5.74) is 10.5. The molecule has 1 aromatic carbocycles. The van der Waals surface area contributed by atoms with E-state index in [-0.39, 0.29) is 5.82 Å². The molecule has 21 heavy (non-hydrogen) atoms. The fraction of sp³-hybridized carbons (Fsp3) is 0.438. The van der Waals surface area contributed by atoms with Gasteiger partial charge >= 0.3 is 0 Å². The van der Waals surface area contributed by atoms with Gasteiger partial charge in [-0.05, 0) is 58.5 Å². The molecule has 5 heteroatoms. The highest BCUT2D eigenvalue weighted by Crippen LogP contribution is 2.39. The lowest BCUT2D eigenvalue weighted by Gasteiger charge is -2.25. The van der Waals surface area contributed by atoms with E-state index in [0.29, 0.717) is 6.42 Å². The highest BCUT2D eigenvalue weighted by Gasteiger charge is 2.36. The Labute approximate surface area is 132 Å². The average molecular weight is 352 g/mol. The molecule has 0 saturated heterocycles. The van der Waals surface area contributed by atoms with Gasteiger partial charge in [-0.15, -0.1) is 0 Å². The average Bonchev–Trinajstić information content (AvgIpc) is 2.91. The Morgan fingerprint density at radius 2 is 2.24 bits per heavy atom. The van der Waals surface area contributed by atoms with Crippen molar-refractivity contribution in [2.24, 2.45) is 12.8 Å². The van der Waals surface area contributed by atoms with Gasteiger partial charge in [0.25, 0.3) is 0 Å². The number of aromatic nitrogens is 2. The van der Waals surface area contributed by atoms with Gasteiger partial charge in [-0.2, -0.15) is 5.10 Å². The van der Waals surface area contributed by atoms with Crippen molar-refractivity contribution < 1.29 is 4.39 Å². The van der Waals surface area contributed by atoms with Gasteiger partial charge in [-0.3, -0.25) is 4.68 Å². The molecular formula is C16H19BrFN3. The maximum Gasteiger partial charge on any atom is 0.123 e. The van der Waals surface area contributed by atoms with Crippen molar-refractivity contribution in [2.75, 3.05) is 0 Å². The molecule has 2 N–H and O–H groups in total. The number of aryl methyl sites for hydroxylation is 3. The predicted molar refractivity (Wildman–Crippen MR) is 84.6 cm³/mol. The number of nitrogens with zero attached hydrogens (tertiary/aromatic N) is 2. The molecule has 0 radical (unpaired) electrons. The second kappa shape index (κ2) is 5.21. The predicted octanol–water partition coefficient (Wildman–Crippen LogP) is 3.23. The van der Waals surface area contributed by atoms with Crippen LogP contribution in [0.5, 0.6) is 0 Å². The van der Waals surface area contributed by atoms with E-state index < -0.39 is 5.54 Å². The van der Waals surface area contributed by atoms with Gasteiger partial charge in [0.05, 0.1) is 15.9 Å². The van der Waals surface area contributed by atoms with E-state index in [2.05, 4.69) is 28.0 Å². The van der Waals surface area contributed by atoms with E-state index in [4.69, 9.17) is 5.73 Å². The van der Waals surface area contributed by atoms with Crippen LogP contribution < -0.4 is 5.73 Å². The molecule has 0 fully saturated rings. The Hall–Kier alpha value is -1.20. The Morgan fingerprint density at radius 3 is 2.90 bits per heavy atom. The van der Waals surface area contributed by atoms with Gasteiger partial charge in [0.15, 0.2) is 0 Å².